The second kappa shape index (κ2) is 6.24. The highest BCUT2D eigenvalue weighted by Gasteiger charge is 2.09. The number of halogens is 1. The normalized spacial score (nSPS) is 11.1. The summed E-state index contributed by atoms with van der Waals surface area (Å²) in [4.78, 5) is 10.9. The van der Waals surface area contributed by atoms with Crippen molar-refractivity contribution in [3.63, 3.8) is 0 Å². The number of carbonyl (C=O) groups excluding carboxylic acids is 1. The van der Waals surface area contributed by atoms with Gasteiger partial charge in [0.05, 0.1) is 12.8 Å². The predicted octanol–water partition coefficient (Wildman–Crippen LogP) is 2.62. The van der Waals surface area contributed by atoms with Crippen molar-refractivity contribution in [2.24, 2.45) is 5.10 Å². The minimum Gasteiger partial charge on any atom is -0.507 e. The zero-order valence-electron chi connectivity index (χ0n) is 9.53. The van der Waals surface area contributed by atoms with Crippen LogP contribution in [0.25, 0.3) is 0 Å². The molecule has 0 aromatic heterocycles. The molecule has 0 radical (unpaired) electrons. The standard InChI is InChI=1S/C11H13BrN2O3/c1-3-9(13-14-11(16)17-2)8-6-7(12)4-5-10(8)15/h4-6,15H,3H2,1-2H3,(H,14,16)/b13-9+. The van der Waals surface area contributed by atoms with Crippen LogP contribution in [0.1, 0.15) is 18.9 Å². The largest absolute Gasteiger partial charge is 0.507 e. The lowest BCUT2D eigenvalue weighted by Gasteiger charge is -2.07. The summed E-state index contributed by atoms with van der Waals surface area (Å²) in [5.41, 5.74) is 3.36. The number of methoxy groups -OCH3 is 1. The molecular weight excluding hydrogens is 288 g/mol. The fourth-order valence-corrected chi connectivity index (χ4v) is 1.59. The summed E-state index contributed by atoms with van der Waals surface area (Å²) in [6, 6.07) is 5.01. The van der Waals surface area contributed by atoms with Gasteiger partial charge in [-0.05, 0) is 24.6 Å². The van der Waals surface area contributed by atoms with E-state index in [-0.39, 0.29) is 5.75 Å². The first-order valence-corrected chi connectivity index (χ1v) is 5.77. The molecule has 92 valence electrons. The first-order valence-electron chi connectivity index (χ1n) is 4.97. The van der Waals surface area contributed by atoms with Gasteiger partial charge in [-0.2, -0.15) is 5.10 Å². The molecule has 5 nitrogen and oxygen atoms in total. The molecule has 0 aliphatic heterocycles. The predicted molar refractivity (Wildman–Crippen MR) is 68.2 cm³/mol. The Kier molecular flexibility index (Phi) is 4.96. The molecule has 0 bridgehead atoms. The number of phenols is 1. The number of carbonyl (C=O) groups is 1. The molecule has 2 N–H and O–H groups in total. The van der Waals surface area contributed by atoms with Crippen molar-refractivity contribution < 1.29 is 14.6 Å². The molecule has 17 heavy (non-hydrogen) atoms. The Bertz CT molecular complexity index is 446. The van der Waals surface area contributed by atoms with Crippen molar-refractivity contribution in [2.45, 2.75) is 13.3 Å². The Morgan fingerprint density at radius 3 is 2.88 bits per heavy atom. The number of benzene rings is 1. The van der Waals surface area contributed by atoms with Crippen LogP contribution in [0.15, 0.2) is 27.8 Å². The van der Waals surface area contributed by atoms with Gasteiger partial charge in [0, 0.05) is 10.0 Å². The van der Waals surface area contributed by atoms with Gasteiger partial charge in [-0.3, -0.25) is 0 Å². The third-order valence-electron chi connectivity index (χ3n) is 2.07. The second-order valence-electron chi connectivity index (χ2n) is 3.18. The second-order valence-corrected chi connectivity index (χ2v) is 4.09. The molecule has 1 aromatic carbocycles. The fraction of sp³-hybridized carbons (Fsp3) is 0.273. The Labute approximate surface area is 108 Å². The van der Waals surface area contributed by atoms with Crippen LogP contribution in [0.2, 0.25) is 0 Å². The number of amides is 1. The topological polar surface area (TPSA) is 70.9 Å². The molecule has 0 atom stereocenters. The molecule has 0 spiro atoms. The molecular formula is C11H13BrN2O3. The summed E-state index contributed by atoms with van der Waals surface area (Å²) in [6.45, 7) is 1.87. The summed E-state index contributed by atoms with van der Waals surface area (Å²) in [5.74, 6) is 0.112. The lowest BCUT2D eigenvalue weighted by atomic mass is 10.1. The van der Waals surface area contributed by atoms with Crippen molar-refractivity contribution in [2.75, 3.05) is 7.11 Å². The van der Waals surface area contributed by atoms with Gasteiger partial charge in [0.1, 0.15) is 5.75 Å². The molecule has 0 saturated carbocycles. The average Bonchev–Trinajstić information content (AvgIpc) is 2.33. The van der Waals surface area contributed by atoms with E-state index in [1.165, 1.54) is 7.11 Å². The summed E-state index contributed by atoms with van der Waals surface area (Å²) >= 11 is 3.31. The molecule has 0 aliphatic carbocycles. The van der Waals surface area contributed by atoms with Gasteiger partial charge >= 0.3 is 6.09 Å². The zero-order chi connectivity index (χ0) is 12.8. The number of rotatable bonds is 3. The molecule has 0 saturated heterocycles. The van der Waals surface area contributed by atoms with E-state index in [1.54, 1.807) is 18.2 Å². The third kappa shape index (κ3) is 3.74. The maximum Gasteiger partial charge on any atom is 0.427 e. The van der Waals surface area contributed by atoms with Gasteiger partial charge in [0.15, 0.2) is 0 Å². The minimum absolute atomic E-state index is 0.112. The molecule has 6 heteroatoms. The van der Waals surface area contributed by atoms with Gasteiger partial charge in [0.2, 0.25) is 0 Å². The van der Waals surface area contributed by atoms with Crippen molar-refractivity contribution >= 4 is 27.7 Å². The maximum atomic E-state index is 10.9. The van der Waals surface area contributed by atoms with Crippen LogP contribution >= 0.6 is 15.9 Å². The number of hydrogen-bond acceptors (Lipinski definition) is 4. The Morgan fingerprint density at radius 1 is 1.59 bits per heavy atom. The van der Waals surface area contributed by atoms with E-state index in [4.69, 9.17) is 0 Å². The lowest BCUT2D eigenvalue weighted by molar-refractivity contribution is 0.171. The van der Waals surface area contributed by atoms with E-state index in [1.807, 2.05) is 6.92 Å². The van der Waals surface area contributed by atoms with Crippen molar-refractivity contribution in [1.82, 2.24) is 5.43 Å². The van der Waals surface area contributed by atoms with Gasteiger partial charge in [0.25, 0.3) is 0 Å². The number of hydrazone groups is 1. The van der Waals surface area contributed by atoms with Crippen LogP contribution in [0, 0.1) is 0 Å². The average molecular weight is 301 g/mol. The monoisotopic (exact) mass is 300 g/mol. The Hall–Kier alpha value is -1.56. The molecule has 1 rings (SSSR count). The number of ether oxygens (including phenoxy) is 1. The quantitative estimate of drug-likeness (QED) is 0.666. The Morgan fingerprint density at radius 2 is 2.29 bits per heavy atom. The van der Waals surface area contributed by atoms with Crippen LogP contribution in [0.3, 0.4) is 0 Å². The third-order valence-corrected chi connectivity index (χ3v) is 2.57. The highest BCUT2D eigenvalue weighted by Crippen LogP contribution is 2.23. The van der Waals surface area contributed by atoms with Gasteiger partial charge in [-0.1, -0.05) is 22.9 Å². The van der Waals surface area contributed by atoms with Crippen molar-refractivity contribution in [3.05, 3.63) is 28.2 Å². The van der Waals surface area contributed by atoms with Crippen LogP contribution in [-0.2, 0) is 4.74 Å². The summed E-state index contributed by atoms with van der Waals surface area (Å²) in [7, 11) is 1.26. The zero-order valence-corrected chi connectivity index (χ0v) is 11.1. The number of aromatic hydroxyl groups is 1. The number of nitrogens with one attached hydrogen (secondary N) is 1. The molecule has 0 heterocycles. The highest BCUT2D eigenvalue weighted by atomic mass is 79.9. The van der Waals surface area contributed by atoms with Crippen molar-refractivity contribution in [3.8, 4) is 5.75 Å². The smallest absolute Gasteiger partial charge is 0.427 e. The van der Waals surface area contributed by atoms with Crippen LogP contribution < -0.4 is 5.43 Å². The number of hydrogen-bond donors (Lipinski definition) is 2. The summed E-state index contributed by atoms with van der Waals surface area (Å²) in [6.07, 6.45) is -0.0842. The summed E-state index contributed by atoms with van der Waals surface area (Å²) in [5, 5.41) is 13.6. The van der Waals surface area contributed by atoms with Crippen molar-refractivity contribution in [1.29, 1.82) is 0 Å². The van der Waals surface area contributed by atoms with E-state index < -0.39 is 6.09 Å². The van der Waals surface area contributed by atoms with Gasteiger partial charge in [-0.15, -0.1) is 0 Å². The van der Waals surface area contributed by atoms with Gasteiger partial charge < -0.3 is 9.84 Å². The van der Waals surface area contributed by atoms with E-state index in [2.05, 4.69) is 31.2 Å². The minimum atomic E-state index is -0.648. The maximum absolute atomic E-state index is 10.9. The number of phenolic OH excluding ortho intramolecular Hbond substituents is 1. The van der Waals surface area contributed by atoms with E-state index in [9.17, 15) is 9.90 Å². The number of nitrogens with zero attached hydrogens (tertiary/aromatic N) is 1. The van der Waals surface area contributed by atoms with Crippen LogP contribution in [-0.4, -0.2) is 24.0 Å². The van der Waals surface area contributed by atoms with Gasteiger partial charge in [-0.25, -0.2) is 10.2 Å². The molecule has 0 unspecified atom stereocenters. The fourth-order valence-electron chi connectivity index (χ4n) is 1.23. The lowest BCUT2D eigenvalue weighted by Crippen LogP contribution is -2.19. The highest BCUT2D eigenvalue weighted by molar-refractivity contribution is 9.10. The first-order chi connectivity index (χ1) is 8.08. The van der Waals surface area contributed by atoms with Crippen LogP contribution in [0.4, 0.5) is 4.79 Å². The first kappa shape index (κ1) is 13.5. The molecule has 0 aliphatic rings. The molecule has 1 amide bonds. The Balaban J connectivity index is 3.00. The SMILES string of the molecule is CC/C(=N\NC(=O)OC)c1cc(Br)ccc1O. The molecule has 1 aromatic rings. The van der Waals surface area contributed by atoms with E-state index >= 15 is 0 Å². The van der Waals surface area contributed by atoms with E-state index in [0.717, 1.165) is 4.47 Å². The van der Waals surface area contributed by atoms with E-state index in [0.29, 0.717) is 17.7 Å². The summed E-state index contributed by atoms with van der Waals surface area (Å²) < 4.78 is 5.23. The van der Waals surface area contributed by atoms with Crippen LogP contribution in [0.5, 0.6) is 5.75 Å². The molecule has 0 fully saturated rings.